The summed E-state index contributed by atoms with van der Waals surface area (Å²) in [6, 6.07) is 0. The van der Waals surface area contributed by atoms with E-state index in [0.29, 0.717) is 40.2 Å². The lowest BCUT2D eigenvalue weighted by Crippen LogP contribution is -2.36. The van der Waals surface area contributed by atoms with Gasteiger partial charge in [-0.15, -0.1) is 5.47 Å². The van der Waals surface area contributed by atoms with Crippen LogP contribution >= 0.6 is 0 Å². The van der Waals surface area contributed by atoms with Gasteiger partial charge in [-0.2, -0.15) is 0 Å². The number of carbonyl (C=O) groups is 2. The van der Waals surface area contributed by atoms with Crippen LogP contribution in [0.2, 0.25) is 10.4 Å². The van der Waals surface area contributed by atoms with E-state index >= 15 is 0 Å². The zero-order valence-electron chi connectivity index (χ0n) is 23.7. The lowest BCUT2D eigenvalue weighted by molar-refractivity contribution is -0.116. The van der Waals surface area contributed by atoms with Crippen molar-refractivity contribution in [2.75, 3.05) is 0 Å². The van der Waals surface area contributed by atoms with Crippen molar-refractivity contribution >= 4 is 50.8 Å². The van der Waals surface area contributed by atoms with Gasteiger partial charge in [-0.25, -0.2) is 0 Å². The Bertz CT molecular complexity index is 1020. The van der Waals surface area contributed by atoms with Crippen molar-refractivity contribution in [2.45, 2.75) is 104 Å². The summed E-state index contributed by atoms with van der Waals surface area (Å²) in [4.78, 5) is 25.0. The summed E-state index contributed by atoms with van der Waals surface area (Å²) in [5.41, 5.74) is 5.51. The van der Waals surface area contributed by atoms with Crippen LogP contribution in [0.15, 0.2) is 56.6 Å². The molecule has 0 fully saturated rings. The molecule has 0 aromatic heterocycles. The largest absolute Gasteiger partial charge is 0.289 e. The van der Waals surface area contributed by atoms with Crippen LogP contribution in [-0.2, 0) is 9.59 Å². The van der Waals surface area contributed by atoms with Crippen molar-refractivity contribution in [1.29, 1.82) is 0 Å². The molecule has 0 bridgehead atoms. The van der Waals surface area contributed by atoms with Gasteiger partial charge in [0.15, 0.2) is 11.6 Å². The van der Waals surface area contributed by atoms with Crippen LogP contribution in [0.4, 0.5) is 0 Å². The van der Waals surface area contributed by atoms with Gasteiger partial charge in [0, 0.05) is 22.3 Å². The molecule has 0 aliphatic heterocycles. The third-order valence-electron chi connectivity index (χ3n) is 7.66. The van der Waals surface area contributed by atoms with Gasteiger partial charge >= 0.3 is 0 Å². The topological polar surface area (TPSA) is 34.1 Å². The number of hydrogen-bond donors (Lipinski definition) is 0. The second-order valence-electron chi connectivity index (χ2n) is 10.9. The molecule has 0 spiro atoms. The van der Waals surface area contributed by atoms with E-state index in [1.807, 2.05) is 26.8 Å². The Balaban J connectivity index is 2.60. The second kappa shape index (κ2) is 13.2. The highest BCUT2D eigenvalue weighted by atomic mass is 16.1. The van der Waals surface area contributed by atoms with E-state index in [2.05, 4.69) is 19.9 Å². The van der Waals surface area contributed by atoms with Gasteiger partial charge in [0.2, 0.25) is 0 Å². The maximum absolute atomic E-state index is 12.6. The Morgan fingerprint density at radius 2 is 1.36 bits per heavy atom. The average Bonchev–Trinajstić information content (AvgIpc) is 2.80. The van der Waals surface area contributed by atoms with Gasteiger partial charge in [-0.05, 0) is 92.9 Å². The third-order valence-corrected chi connectivity index (χ3v) is 7.66. The molecule has 7 heteroatoms. The van der Waals surface area contributed by atoms with Gasteiger partial charge in [0.1, 0.15) is 7.85 Å². The van der Waals surface area contributed by atoms with Crippen molar-refractivity contribution in [3.05, 3.63) is 56.6 Å². The lowest BCUT2D eigenvalue weighted by Gasteiger charge is -2.47. The quantitative estimate of drug-likeness (QED) is 0.197. The molecule has 0 saturated heterocycles. The molecule has 0 unspecified atom stereocenters. The number of ketones is 2. The first-order valence-corrected chi connectivity index (χ1v) is 12.8. The number of carbonyl (C=O) groups excluding carboxylic acids is 2. The summed E-state index contributed by atoms with van der Waals surface area (Å²) >= 11 is 0. The predicted molar refractivity (Wildman–Crippen MR) is 158 cm³/mol. The predicted octanol–water partition coefficient (Wildman–Crippen LogP) is 6.03. The fraction of sp³-hybridized carbons (Fsp3) is 0.586. The minimum atomic E-state index is -1.55. The van der Waals surface area contributed by atoms with Crippen LogP contribution in [0.3, 0.4) is 0 Å². The Hall–Kier alpha value is -1.64. The first kappa shape index (κ1) is 32.4. The molecule has 1 aliphatic carbocycles. The zero-order valence-corrected chi connectivity index (χ0v) is 23.7. The first-order valence-electron chi connectivity index (χ1n) is 12.8. The number of Topliss-reactive ketones (excluding diaryl/α,β-unsaturated/α-hetero) is 2. The average molecular weight is 474 g/mol. The van der Waals surface area contributed by atoms with Crippen LogP contribution in [0, 0.1) is 5.92 Å². The molecule has 0 heterocycles. The van der Waals surface area contributed by atoms with Crippen LogP contribution in [0.5, 0.6) is 0 Å². The first-order chi connectivity index (χ1) is 16.5. The molecular weight excluding hydrogens is 434 g/mol. The van der Waals surface area contributed by atoms with Gasteiger partial charge < -0.3 is 0 Å². The van der Waals surface area contributed by atoms with Gasteiger partial charge in [-0.3, -0.25) is 9.59 Å². The highest BCUT2D eigenvalue weighted by Gasteiger charge is 2.36. The maximum Gasteiger partial charge on any atom is 0.185 e. The third kappa shape index (κ3) is 7.69. The summed E-state index contributed by atoms with van der Waals surface area (Å²) < 4.78 is 0. The van der Waals surface area contributed by atoms with Gasteiger partial charge in [-0.1, -0.05) is 46.2 Å². The Morgan fingerprint density at radius 1 is 0.806 bits per heavy atom. The van der Waals surface area contributed by atoms with Crippen LogP contribution < -0.4 is 0 Å². The highest BCUT2D eigenvalue weighted by Crippen LogP contribution is 2.52. The fourth-order valence-electron chi connectivity index (χ4n) is 4.36. The van der Waals surface area contributed by atoms with E-state index in [9.17, 15) is 9.59 Å². The van der Waals surface area contributed by atoms with Crippen LogP contribution in [0.1, 0.15) is 93.9 Å². The molecule has 0 aromatic carbocycles. The molecule has 1 aliphatic rings. The van der Waals surface area contributed by atoms with Crippen molar-refractivity contribution in [3.8, 4) is 0 Å². The van der Waals surface area contributed by atoms with Crippen molar-refractivity contribution in [3.63, 3.8) is 0 Å². The van der Waals surface area contributed by atoms with Crippen molar-refractivity contribution < 1.29 is 9.59 Å². The van der Waals surface area contributed by atoms with E-state index in [1.54, 1.807) is 20.8 Å². The van der Waals surface area contributed by atoms with E-state index in [1.165, 1.54) is 5.57 Å². The Morgan fingerprint density at radius 3 is 1.92 bits per heavy atom. The normalized spacial score (nSPS) is 17.1. The molecule has 1 rings (SSSR count). The van der Waals surface area contributed by atoms with E-state index in [4.69, 9.17) is 39.2 Å². The number of allylic oxidation sites excluding steroid dienone is 10. The van der Waals surface area contributed by atoms with Crippen LogP contribution in [-0.4, -0.2) is 50.8 Å². The van der Waals surface area contributed by atoms with E-state index in [-0.39, 0.29) is 17.0 Å². The number of hydrogen-bond acceptors (Lipinski definition) is 2. The molecular formula is C29H39B5O2. The molecule has 0 aromatic rings. The standard InChI is InChI=1S/C29H39B5O2/c1-17(2)27(30)29(33,34)28(31,32)20(5)14-10-13-18(3)11-9-12-19(4)15-16-24-23(8)25(35)21(6)22(7)26(24)36/h11,14,19H,9-10,12-13,15-16H2,1-8H3/b18-11+,20-14+/t19-/m0/s1. The summed E-state index contributed by atoms with van der Waals surface area (Å²) in [5, 5.41) is -3.02. The van der Waals surface area contributed by atoms with E-state index < -0.39 is 10.4 Å². The minimum Gasteiger partial charge on any atom is -0.289 e. The monoisotopic (exact) mass is 474 g/mol. The smallest absolute Gasteiger partial charge is 0.185 e. The Labute approximate surface area is 227 Å². The van der Waals surface area contributed by atoms with Crippen molar-refractivity contribution in [2.24, 2.45) is 5.92 Å². The minimum absolute atomic E-state index is 0.00290. The second-order valence-corrected chi connectivity index (χ2v) is 10.9. The molecule has 10 radical (unpaired) electrons. The summed E-state index contributed by atoms with van der Waals surface area (Å²) in [7, 11) is 31.1. The maximum atomic E-state index is 12.6. The highest BCUT2D eigenvalue weighted by molar-refractivity contribution is 6.59. The molecule has 2 nitrogen and oxygen atoms in total. The van der Waals surface area contributed by atoms with Crippen LogP contribution in [0.25, 0.3) is 0 Å². The molecule has 0 N–H and O–H groups in total. The molecule has 36 heavy (non-hydrogen) atoms. The summed E-state index contributed by atoms with van der Waals surface area (Å²) in [6.07, 6.45) is 9.38. The lowest BCUT2D eigenvalue weighted by atomic mass is 9.24. The van der Waals surface area contributed by atoms with E-state index in [0.717, 1.165) is 37.7 Å². The van der Waals surface area contributed by atoms with Gasteiger partial charge in [0.25, 0.3) is 0 Å². The number of rotatable bonds is 12. The molecule has 0 saturated carbocycles. The SMILES string of the molecule is [B]C(=C(C)C)C([B])([B])C([B])([B])/C(C)=C/CC/C(C)=C/CC[C@H](C)CCC1=C(C)C(=O)C(C)=C(C)C1=O. The Kier molecular flexibility index (Phi) is 11.9. The molecule has 0 amide bonds. The zero-order chi connectivity index (χ0) is 28.0. The van der Waals surface area contributed by atoms with Crippen molar-refractivity contribution in [1.82, 2.24) is 0 Å². The summed E-state index contributed by atoms with van der Waals surface area (Å²) in [6.45, 7) is 15.0. The summed E-state index contributed by atoms with van der Waals surface area (Å²) in [5.74, 6) is 0.479. The molecule has 1 atom stereocenters. The molecule has 182 valence electrons. The fourth-order valence-corrected chi connectivity index (χ4v) is 4.36. The van der Waals surface area contributed by atoms with Gasteiger partial charge in [0.05, 0.1) is 31.4 Å².